The van der Waals surface area contributed by atoms with Gasteiger partial charge in [0.2, 0.25) is 5.91 Å². The molecule has 18 nitrogen and oxygen atoms in total. The second-order valence-corrected chi connectivity index (χ2v) is 13.5. The van der Waals surface area contributed by atoms with E-state index in [1.807, 2.05) is 18.8 Å². The van der Waals surface area contributed by atoms with Crippen LogP contribution < -0.4 is 11.2 Å². The summed E-state index contributed by atoms with van der Waals surface area (Å²) in [5.74, 6) is -0.364. The Hall–Kier alpha value is -1.78. The normalized spacial score (nSPS) is 35.1. The first-order valence-corrected chi connectivity index (χ1v) is 15.2. The second-order valence-electron chi connectivity index (χ2n) is 8.47. The Morgan fingerprint density at radius 1 is 1.11 bits per heavy atom. The molecule has 38 heavy (non-hydrogen) atoms. The van der Waals surface area contributed by atoms with Crippen molar-refractivity contribution in [2.24, 2.45) is 0 Å². The first-order chi connectivity index (χ1) is 17.4. The Labute approximate surface area is 214 Å². The maximum Gasteiger partial charge on any atom is 0.492 e. The minimum absolute atomic E-state index is 0.0576. The third kappa shape index (κ3) is 7.45. The molecule has 214 valence electrons. The van der Waals surface area contributed by atoms with Gasteiger partial charge in [-0.3, -0.25) is 23.7 Å². The van der Waals surface area contributed by atoms with Gasteiger partial charge in [0.15, 0.2) is 6.23 Å². The lowest BCUT2D eigenvalue weighted by atomic mass is 10.1. The molecule has 2 fully saturated rings. The molecule has 0 radical (unpaired) electrons. The van der Waals surface area contributed by atoms with Gasteiger partial charge in [0.05, 0.1) is 18.7 Å². The van der Waals surface area contributed by atoms with Crippen LogP contribution in [0.5, 0.6) is 0 Å². The summed E-state index contributed by atoms with van der Waals surface area (Å²) in [4.78, 5) is 58.8. The van der Waals surface area contributed by atoms with Gasteiger partial charge in [0.1, 0.15) is 18.3 Å². The fourth-order valence-corrected chi connectivity index (χ4v) is 8.30. The van der Waals surface area contributed by atoms with Crippen molar-refractivity contribution in [3.05, 3.63) is 44.2 Å². The molecule has 6 atom stereocenters. The van der Waals surface area contributed by atoms with Gasteiger partial charge in [-0.1, -0.05) is 11.6 Å². The smallest absolute Gasteiger partial charge is 0.387 e. The lowest BCUT2D eigenvalue weighted by Crippen LogP contribution is -2.40. The van der Waals surface area contributed by atoms with E-state index in [9.17, 15) is 48.1 Å². The van der Waals surface area contributed by atoms with E-state index in [0.717, 1.165) is 16.3 Å². The van der Waals surface area contributed by atoms with Crippen LogP contribution in [0.2, 0.25) is 0 Å². The summed E-state index contributed by atoms with van der Waals surface area (Å²) in [7, 11) is -15.8. The largest absolute Gasteiger partial charge is 0.492 e. The number of carbonyl (C=O) groups is 1. The van der Waals surface area contributed by atoms with Crippen molar-refractivity contribution in [3.8, 4) is 0 Å². The van der Waals surface area contributed by atoms with Crippen LogP contribution in [-0.4, -0.2) is 71.8 Å². The predicted octanol–water partition coefficient (Wildman–Crippen LogP) is -0.141. The van der Waals surface area contributed by atoms with E-state index in [1.54, 1.807) is 6.08 Å². The Balaban J connectivity index is 1.80. The zero-order valence-corrected chi connectivity index (χ0v) is 22.8. The SMILES string of the molecule is CC(=O)N(CC=C(C)C)Cc1cn([C@@H]2O[C@H](COP3(=O)OP(=O)(O)OP(=O)(O)O3)[C@H](O)C2O)c(=O)[nH]c1=O. The fourth-order valence-electron chi connectivity index (χ4n) is 3.37. The Bertz CT molecular complexity index is 1340. The van der Waals surface area contributed by atoms with Gasteiger partial charge in [-0.2, -0.15) is 12.9 Å². The van der Waals surface area contributed by atoms with Gasteiger partial charge >= 0.3 is 29.2 Å². The lowest BCUT2D eigenvalue weighted by Gasteiger charge is -2.27. The molecule has 0 spiro atoms. The number of carbonyl (C=O) groups excluding carboxylic acids is 1. The monoisotopic (exact) mass is 605 g/mol. The summed E-state index contributed by atoms with van der Waals surface area (Å²) >= 11 is 0. The number of hydrogen-bond acceptors (Lipinski definition) is 13. The molecule has 0 bridgehead atoms. The maximum atomic E-state index is 12.5. The molecule has 0 aliphatic carbocycles. The highest BCUT2D eigenvalue weighted by Gasteiger charge is 2.55. The van der Waals surface area contributed by atoms with Gasteiger partial charge in [0.25, 0.3) is 5.56 Å². The van der Waals surface area contributed by atoms with Crippen LogP contribution in [0.15, 0.2) is 27.4 Å². The number of aliphatic hydroxyl groups is 2. The van der Waals surface area contributed by atoms with Crippen molar-refractivity contribution in [1.82, 2.24) is 14.5 Å². The molecule has 1 aromatic heterocycles. The zero-order valence-electron chi connectivity index (χ0n) is 20.1. The minimum Gasteiger partial charge on any atom is -0.387 e. The molecule has 21 heteroatoms. The van der Waals surface area contributed by atoms with E-state index in [0.29, 0.717) is 0 Å². The van der Waals surface area contributed by atoms with Crippen molar-refractivity contribution in [2.75, 3.05) is 13.2 Å². The average molecular weight is 605 g/mol. The van der Waals surface area contributed by atoms with E-state index in [1.165, 1.54) is 11.8 Å². The van der Waals surface area contributed by atoms with Crippen LogP contribution in [0.1, 0.15) is 32.6 Å². The van der Waals surface area contributed by atoms with E-state index in [4.69, 9.17) is 9.26 Å². The van der Waals surface area contributed by atoms with Crippen LogP contribution in [0, 0.1) is 0 Å². The number of ether oxygens (including phenoxy) is 1. The topological polar surface area (TPSA) is 253 Å². The molecular formula is C17H26N3O15P3. The van der Waals surface area contributed by atoms with Crippen molar-refractivity contribution in [2.45, 2.75) is 51.9 Å². The number of rotatable bonds is 8. The van der Waals surface area contributed by atoms with Crippen LogP contribution >= 0.6 is 23.5 Å². The minimum atomic E-state index is -5.31. The fraction of sp³-hybridized carbons (Fsp3) is 0.588. The first-order valence-electron chi connectivity index (χ1n) is 10.7. The number of nitrogens with zero attached hydrogens (tertiary/aromatic N) is 2. The molecule has 0 saturated carbocycles. The van der Waals surface area contributed by atoms with Gasteiger partial charge in [0, 0.05) is 19.7 Å². The maximum absolute atomic E-state index is 12.5. The summed E-state index contributed by atoms with van der Waals surface area (Å²) < 4.78 is 58.3. The Kier molecular flexibility index (Phi) is 9.21. The van der Waals surface area contributed by atoms with E-state index >= 15 is 0 Å². The summed E-state index contributed by atoms with van der Waals surface area (Å²) in [6.45, 7) is 3.89. The lowest BCUT2D eigenvalue weighted by molar-refractivity contribution is -0.128. The molecular weight excluding hydrogens is 579 g/mol. The van der Waals surface area contributed by atoms with Crippen LogP contribution in [0.25, 0.3) is 0 Å². The van der Waals surface area contributed by atoms with E-state index < -0.39 is 65.9 Å². The Morgan fingerprint density at radius 3 is 2.26 bits per heavy atom. The van der Waals surface area contributed by atoms with Gasteiger partial charge in [-0.05, 0) is 13.8 Å². The first kappa shape index (κ1) is 30.8. The number of phosphoric acid groups is 3. The molecule has 1 aromatic rings. The second kappa shape index (κ2) is 11.4. The summed E-state index contributed by atoms with van der Waals surface area (Å²) in [5, 5.41) is 20.8. The quantitative estimate of drug-likeness (QED) is 0.191. The van der Waals surface area contributed by atoms with Crippen LogP contribution in [0.4, 0.5) is 0 Å². The number of allylic oxidation sites excluding steroid dienone is 1. The number of nitrogens with one attached hydrogen (secondary N) is 1. The number of H-pyrrole nitrogens is 1. The van der Waals surface area contributed by atoms with Gasteiger partial charge < -0.3 is 29.6 Å². The van der Waals surface area contributed by atoms with Gasteiger partial charge in [-0.15, -0.1) is 0 Å². The highest BCUT2D eigenvalue weighted by atomic mass is 31.3. The molecule has 3 rings (SSSR count). The number of aliphatic hydroxyl groups excluding tert-OH is 2. The summed E-state index contributed by atoms with van der Waals surface area (Å²) in [6.07, 6.45) is -4.07. The number of aromatic nitrogens is 2. The molecule has 3 unspecified atom stereocenters. The van der Waals surface area contributed by atoms with Crippen LogP contribution in [-0.2, 0) is 47.2 Å². The number of hydrogen-bond donors (Lipinski definition) is 5. The molecule has 0 aromatic carbocycles. The zero-order chi connectivity index (χ0) is 28.6. The van der Waals surface area contributed by atoms with E-state index in [-0.39, 0.29) is 24.6 Å². The van der Waals surface area contributed by atoms with E-state index in [2.05, 4.69) is 12.9 Å². The third-order valence-corrected chi connectivity index (χ3v) is 10.6. The summed E-state index contributed by atoms with van der Waals surface area (Å²) in [5.41, 5.74) is -0.988. The van der Waals surface area contributed by atoms with Crippen molar-refractivity contribution in [1.29, 1.82) is 0 Å². The number of amides is 1. The predicted molar refractivity (Wildman–Crippen MR) is 124 cm³/mol. The van der Waals surface area contributed by atoms with Crippen molar-refractivity contribution < 1.29 is 60.7 Å². The average Bonchev–Trinajstić information content (AvgIpc) is 3.02. The molecule has 3 heterocycles. The molecule has 1 amide bonds. The van der Waals surface area contributed by atoms with Crippen molar-refractivity contribution >= 4 is 29.4 Å². The molecule has 5 N–H and O–H groups in total. The van der Waals surface area contributed by atoms with Crippen molar-refractivity contribution in [3.63, 3.8) is 0 Å². The van der Waals surface area contributed by atoms with Gasteiger partial charge in [-0.25, -0.2) is 18.5 Å². The Morgan fingerprint density at radius 2 is 1.71 bits per heavy atom. The number of aromatic amines is 1. The van der Waals surface area contributed by atoms with Crippen LogP contribution in [0.3, 0.4) is 0 Å². The standard InChI is InChI=1S/C17H26N3O15P3/c1-9(2)4-5-19(10(3)21)6-11-7-20(17(25)18-15(11)24)16-14(23)13(22)12(32-16)8-31-38(30)34-36(26,27)33-37(28,29)35-38/h4,7,12-14,16,22-23H,5-6,8H2,1-3H3,(H,26,27)(H,28,29)(H,18,24,25)/t12-,13+,14?,16-/m1/s1. The third-order valence-electron chi connectivity index (χ3n) is 5.19. The highest BCUT2D eigenvalue weighted by molar-refractivity contribution is 7.74. The molecule has 2 aliphatic rings. The molecule has 2 aliphatic heterocycles. The summed E-state index contributed by atoms with van der Waals surface area (Å²) in [6, 6.07) is 0. The molecule has 2 saturated heterocycles. The highest BCUT2D eigenvalue weighted by Crippen LogP contribution is 2.80.